The second kappa shape index (κ2) is 7.49. The number of urea groups is 1. The van der Waals surface area contributed by atoms with Crippen LogP contribution in [0.4, 0.5) is 4.79 Å². The minimum Gasteiger partial charge on any atom is -0.338 e. The van der Waals surface area contributed by atoms with E-state index in [1.54, 1.807) is 0 Å². The summed E-state index contributed by atoms with van der Waals surface area (Å²) in [6, 6.07) is -0.0252. The Morgan fingerprint density at radius 3 is 2.38 bits per heavy atom. The first kappa shape index (κ1) is 13.3. The summed E-state index contributed by atoms with van der Waals surface area (Å²) in [7, 11) is 0. The van der Waals surface area contributed by atoms with E-state index in [2.05, 4.69) is 10.6 Å². The van der Waals surface area contributed by atoms with Crippen molar-refractivity contribution in [1.82, 2.24) is 10.6 Å². The predicted molar refractivity (Wildman–Crippen MR) is 66.2 cm³/mol. The van der Waals surface area contributed by atoms with Gasteiger partial charge in [0, 0.05) is 13.1 Å². The summed E-state index contributed by atoms with van der Waals surface area (Å²) >= 11 is 0. The molecule has 0 radical (unpaired) electrons. The van der Waals surface area contributed by atoms with Crippen LogP contribution in [0.25, 0.3) is 0 Å². The van der Waals surface area contributed by atoms with E-state index in [1.807, 2.05) is 6.92 Å². The van der Waals surface area contributed by atoms with Gasteiger partial charge in [0.05, 0.1) is 0 Å². The van der Waals surface area contributed by atoms with Gasteiger partial charge in [-0.15, -0.1) is 0 Å². The molecule has 0 aromatic carbocycles. The SMILES string of the molecule is CCCNC(=O)NCC1CCC(CN)CC1. The van der Waals surface area contributed by atoms with E-state index in [-0.39, 0.29) is 6.03 Å². The smallest absolute Gasteiger partial charge is 0.314 e. The van der Waals surface area contributed by atoms with Gasteiger partial charge >= 0.3 is 6.03 Å². The van der Waals surface area contributed by atoms with Gasteiger partial charge in [0.15, 0.2) is 0 Å². The van der Waals surface area contributed by atoms with E-state index < -0.39 is 0 Å². The van der Waals surface area contributed by atoms with Gasteiger partial charge in [-0.3, -0.25) is 0 Å². The minimum atomic E-state index is -0.0252. The molecule has 0 bridgehead atoms. The first-order chi connectivity index (χ1) is 7.76. The van der Waals surface area contributed by atoms with E-state index in [1.165, 1.54) is 25.7 Å². The number of carbonyl (C=O) groups is 1. The topological polar surface area (TPSA) is 67.2 Å². The number of carbonyl (C=O) groups excluding carboxylic acids is 1. The zero-order chi connectivity index (χ0) is 11.8. The molecular weight excluding hydrogens is 202 g/mol. The average Bonchev–Trinajstić information content (AvgIpc) is 2.34. The quantitative estimate of drug-likeness (QED) is 0.665. The molecule has 4 nitrogen and oxygen atoms in total. The highest BCUT2D eigenvalue weighted by atomic mass is 16.2. The molecule has 0 spiro atoms. The van der Waals surface area contributed by atoms with Crippen molar-refractivity contribution < 1.29 is 4.79 Å². The van der Waals surface area contributed by atoms with Gasteiger partial charge < -0.3 is 16.4 Å². The second-order valence-electron chi connectivity index (χ2n) is 4.76. The van der Waals surface area contributed by atoms with Crippen LogP contribution in [0.1, 0.15) is 39.0 Å². The Morgan fingerprint density at radius 1 is 1.19 bits per heavy atom. The maximum atomic E-state index is 11.3. The summed E-state index contributed by atoms with van der Waals surface area (Å²) in [6.45, 7) is 4.43. The summed E-state index contributed by atoms with van der Waals surface area (Å²) in [5.41, 5.74) is 5.65. The lowest BCUT2D eigenvalue weighted by Crippen LogP contribution is -2.39. The molecule has 4 heteroatoms. The Hall–Kier alpha value is -0.770. The number of nitrogens with two attached hydrogens (primary N) is 1. The van der Waals surface area contributed by atoms with E-state index in [4.69, 9.17) is 5.73 Å². The van der Waals surface area contributed by atoms with E-state index >= 15 is 0 Å². The van der Waals surface area contributed by atoms with Crippen LogP contribution in [-0.2, 0) is 0 Å². The summed E-state index contributed by atoms with van der Waals surface area (Å²) in [5.74, 6) is 1.36. The molecule has 1 fully saturated rings. The third-order valence-electron chi connectivity index (χ3n) is 3.39. The number of hydrogen-bond acceptors (Lipinski definition) is 2. The Labute approximate surface area is 98.3 Å². The van der Waals surface area contributed by atoms with Gasteiger partial charge in [-0.2, -0.15) is 0 Å². The van der Waals surface area contributed by atoms with Crippen LogP contribution >= 0.6 is 0 Å². The lowest BCUT2D eigenvalue weighted by atomic mass is 9.82. The highest BCUT2D eigenvalue weighted by Crippen LogP contribution is 2.27. The van der Waals surface area contributed by atoms with Crippen molar-refractivity contribution in [1.29, 1.82) is 0 Å². The Bertz CT molecular complexity index is 200. The first-order valence-corrected chi connectivity index (χ1v) is 6.48. The normalized spacial score (nSPS) is 25.1. The average molecular weight is 227 g/mol. The van der Waals surface area contributed by atoms with Crippen molar-refractivity contribution in [2.24, 2.45) is 17.6 Å². The number of hydrogen-bond donors (Lipinski definition) is 3. The van der Waals surface area contributed by atoms with Crippen molar-refractivity contribution in [3.8, 4) is 0 Å². The third kappa shape index (κ3) is 4.84. The zero-order valence-electron chi connectivity index (χ0n) is 10.3. The van der Waals surface area contributed by atoms with Crippen LogP contribution in [0.2, 0.25) is 0 Å². The molecule has 1 aliphatic carbocycles. The van der Waals surface area contributed by atoms with Crippen molar-refractivity contribution in [2.75, 3.05) is 19.6 Å². The lowest BCUT2D eigenvalue weighted by molar-refractivity contribution is 0.231. The molecule has 4 N–H and O–H groups in total. The van der Waals surface area contributed by atoms with Gasteiger partial charge in [0.25, 0.3) is 0 Å². The van der Waals surface area contributed by atoms with Crippen LogP contribution in [0, 0.1) is 11.8 Å². The van der Waals surface area contributed by atoms with E-state index in [0.717, 1.165) is 26.1 Å². The first-order valence-electron chi connectivity index (χ1n) is 6.48. The zero-order valence-corrected chi connectivity index (χ0v) is 10.3. The number of nitrogens with one attached hydrogen (secondary N) is 2. The molecule has 0 unspecified atom stereocenters. The molecule has 1 rings (SSSR count). The molecule has 16 heavy (non-hydrogen) atoms. The molecule has 1 aliphatic rings. The lowest BCUT2D eigenvalue weighted by Gasteiger charge is -2.27. The van der Waals surface area contributed by atoms with Crippen LogP contribution in [0.15, 0.2) is 0 Å². The molecule has 0 aromatic rings. The summed E-state index contributed by atoms with van der Waals surface area (Å²) in [5, 5.41) is 5.76. The summed E-state index contributed by atoms with van der Waals surface area (Å²) in [4.78, 5) is 11.3. The Morgan fingerprint density at radius 2 is 1.81 bits per heavy atom. The molecule has 0 saturated heterocycles. The highest BCUT2D eigenvalue weighted by molar-refractivity contribution is 5.73. The fourth-order valence-corrected chi connectivity index (χ4v) is 2.21. The molecule has 1 saturated carbocycles. The number of rotatable bonds is 5. The molecule has 0 aliphatic heterocycles. The fraction of sp³-hybridized carbons (Fsp3) is 0.917. The van der Waals surface area contributed by atoms with Crippen LogP contribution in [0.5, 0.6) is 0 Å². The fourth-order valence-electron chi connectivity index (χ4n) is 2.21. The van der Waals surface area contributed by atoms with Crippen molar-refractivity contribution in [3.63, 3.8) is 0 Å². The third-order valence-corrected chi connectivity index (χ3v) is 3.39. The van der Waals surface area contributed by atoms with Gasteiger partial charge in [-0.25, -0.2) is 4.79 Å². The molecule has 94 valence electrons. The van der Waals surface area contributed by atoms with Crippen LogP contribution in [-0.4, -0.2) is 25.7 Å². The Balaban J connectivity index is 2.07. The van der Waals surface area contributed by atoms with Crippen LogP contribution in [0.3, 0.4) is 0 Å². The second-order valence-corrected chi connectivity index (χ2v) is 4.76. The summed E-state index contributed by atoms with van der Waals surface area (Å²) in [6.07, 6.45) is 5.83. The van der Waals surface area contributed by atoms with Gasteiger partial charge in [0.1, 0.15) is 0 Å². The van der Waals surface area contributed by atoms with Crippen molar-refractivity contribution >= 4 is 6.03 Å². The molecule has 0 atom stereocenters. The highest BCUT2D eigenvalue weighted by Gasteiger charge is 2.20. The molecular formula is C12H25N3O. The van der Waals surface area contributed by atoms with Gasteiger partial charge in [0.2, 0.25) is 0 Å². The maximum absolute atomic E-state index is 11.3. The van der Waals surface area contributed by atoms with Crippen LogP contribution < -0.4 is 16.4 Å². The van der Waals surface area contributed by atoms with Gasteiger partial charge in [-0.1, -0.05) is 6.92 Å². The minimum absolute atomic E-state index is 0.0252. The molecule has 0 aromatic heterocycles. The standard InChI is InChI=1S/C12H25N3O/c1-2-7-14-12(16)15-9-11-5-3-10(8-13)4-6-11/h10-11H,2-9,13H2,1H3,(H2,14,15,16). The van der Waals surface area contributed by atoms with Gasteiger partial charge in [-0.05, 0) is 50.5 Å². The van der Waals surface area contributed by atoms with E-state index in [9.17, 15) is 4.79 Å². The van der Waals surface area contributed by atoms with Crippen molar-refractivity contribution in [2.45, 2.75) is 39.0 Å². The number of amides is 2. The largest absolute Gasteiger partial charge is 0.338 e. The molecule has 0 heterocycles. The summed E-state index contributed by atoms with van der Waals surface area (Å²) < 4.78 is 0. The Kier molecular flexibility index (Phi) is 6.23. The monoisotopic (exact) mass is 227 g/mol. The van der Waals surface area contributed by atoms with E-state index in [0.29, 0.717) is 11.8 Å². The molecule has 2 amide bonds. The predicted octanol–water partition coefficient (Wildman–Crippen LogP) is 1.46. The van der Waals surface area contributed by atoms with Crippen molar-refractivity contribution in [3.05, 3.63) is 0 Å². The maximum Gasteiger partial charge on any atom is 0.314 e.